The highest BCUT2D eigenvalue weighted by Crippen LogP contribution is 2.16. The quantitative estimate of drug-likeness (QED) is 0.530. The van der Waals surface area contributed by atoms with E-state index in [2.05, 4.69) is 45.7 Å². The monoisotopic (exact) mass is 386 g/mol. The number of alkyl halides is 2. The topological polar surface area (TPSA) is 32.8 Å². The van der Waals surface area contributed by atoms with Gasteiger partial charge in [-0.25, -0.2) is 0 Å². The molecule has 0 bridgehead atoms. The molecule has 2 aromatic rings. The number of hydrogen-bond acceptors (Lipinski definition) is 4. The first-order valence-corrected chi connectivity index (χ1v) is 9.29. The van der Waals surface area contributed by atoms with Crippen LogP contribution in [0.1, 0.15) is 21.5 Å². The summed E-state index contributed by atoms with van der Waals surface area (Å²) in [5.41, 5.74) is 3.03. The molecule has 0 saturated carbocycles. The molecule has 0 unspecified atom stereocenters. The number of ketones is 1. The van der Waals surface area contributed by atoms with Crippen LogP contribution in [-0.4, -0.2) is 48.4 Å². The van der Waals surface area contributed by atoms with E-state index in [0.717, 1.165) is 32.7 Å². The predicted molar refractivity (Wildman–Crippen MR) is 105 cm³/mol. The van der Waals surface area contributed by atoms with Crippen LogP contribution >= 0.6 is 0 Å². The van der Waals surface area contributed by atoms with Gasteiger partial charge in [-0.3, -0.25) is 9.69 Å². The van der Waals surface area contributed by atoms with Crippen LogP contribution in [-0.2, 0) is 6.54 Å². The molecule has 0 N–H and O–H groups in total. The fourth-order valence-electron chi connectivity index (χ4n) is 3.21. The van der Waals surface area contributed by atoms with Crippen LogP contribution in [0.2, 0.25) is 0 Å². The van der Waals surface area contributed by atoms with Crippen molar-refractivity contribution in [1.29, 1.82) is 0 Å². The molecule has 1 aliphatic heterocycles. The van der Waals surface area contributed by atoms with Crippen molar-refractivity contribution in [3.63, 3.8) is 0 Å². The molecule has 1 aliphatic rings. The van der Waals surface area contributed by atoms with E-state index >= 15 is 0 Å². The molecule has 3 rings (SSSR count). The van der Waals surface area contributed by atoms with Gasteiger partial charge < -0.3 is 9.64 Å². The minimum atomic E-state index is -2.87. The SMILES string of the molecule is Cc1cccc(CN2CCN(/C=C/C(=O)c3ccc(OC(F)F)cc3)CC2)c1. The fourth-order valence-corrected chi connectivity index (χ4v) is 3.21. The molecule has 1 saturated heterocycles. The zero-order valence-electron chi connectivity index (χ0n) is 15.9. The summed E-state index contributed by atoms with van der Waals surface area (Å²) in [5.74, 6) is -0.119. The summed E-state index contributed by atoms with van der Waals surface area (Å²) in [4.78, 5) is 16.8. The van der Waals surface area contributed by atoms with Crippen LogP contribution in [0.5, 0.6) is 5.75 Å². The Hall–Kier alpha value is -2.73. The van der Waals surface area contributed by atoms with Gasteiger partial charge >= 0.3 is 6.61 Å². The molecule has 0 aromatic heterocycles. The average Bonchev–Trinajstić information content (AvgIpc) is 2.67. The lowest BCUT2D eigenvalue weighted by Crippen LogP contribution is -2.43. The molecule has 4 nitrogen and oxygen atoms in total. The van der Waals surface area contributed by atoms with E-state index in [-0.39, 0.29) is 11.5 Å². The number of ether oxygens (including phenoxy) is 1. The third-order valence-corrected chi connectivity index (χ3v) is 4.70. The van der Waals surface area contributed by atoms with E-state index in [0.29, 0.717) is 5.56 Å². The molecular weight excluding hydrogens is 362 g/mol. The normalized spacial score (nSPS) is 15.4. The van der Waals surface area contributed by atoms with Crippen LogP contribution in [0.3, 0.4) is 0 Å². The number of nitrogens with zero attached hydrogens (tertiary/aromatic N) is 2. The van der Waals surface area contributed by atoms with Gasteiger partial charge in [0.25, 0.3) is 0 Å². The van der Waals surface area contributed by atoms with Crippen LogP contribution in [0.25, 0.3) is 0 Å². The standard InChI is InChI=1S/C22H24F2N2O2/c1-17-3-2-4-18(15-17)16-26-13-11-25(12-14-26)10-9-21(27)19-5-7-20(8-6-19)28-22(23)24/h2-10,15,22H,11-14,16H2,1H3/b10-9+. The first-order valence-electron chi connectivity index (χ1n) is 9.29. The van der Waals surface area contributed by atoms with Gasteiger partial charge in [0.15, 0.2) is 5.78 Å². The summed E-state index contributed by atoms with van der Waals surface area (Å²) in [7, 11) is 0. The fraction of sp³-hybridized carbons (Fsp3) is 0.318. The van der Waals surface area contributed by atoms with Gasteiger partial charge in [-0.05, 0) is 36.8 Å². The lowest BCUT2D eigenvalue weighted by Gasteiger charge is -2.34. The summed E-state index contributed by atoms with van der Waals surface area (Å²) in [6, 6.07) is 14.3. The Morgan fingerprint density at radius 1 is 1.11 bits per heavy atom. The molecule has 148 valence electrons. The largest absolute Gasteiger partial charge is 0.435 e. The second-order valence-corrected chi connectivity index (χ2v) is 6.88. The average molecular weight is 386 g/mol. The van der Waals surface area contributed by atoms with Crippen molar-refractivity contribution in [3.05, 3.63) is 77.5 Å². The number of rotatable bonds is 7. The molecule has 2 aromatic carbocycles. The molecule has 0 spiro atoms. The highest BCUT2D eigenvalue weighted by molar-refractivity contribution is 6.04. The first kappa shape index (κ1) is 20.0. The predicted octanol–water partition coefficient (Wildman–Crippen LogP) is 4.11. The van der Waals surface area contributed by atoms with Gasteiger partial charge in [-0.1, -0.05) is 29.8 Å². The summed E-state index contributed by atoms with van der Waals surface area (Å²) >= 11 is 0. The van der Waals surface area contributed by atoms with E-state index in [1.165, 1.54) is 41.5 Å². The Kier molecular flexibility index (Phi) is 6.76. The highest BCUT2D eigenvalue weighted by atomic mass is 19.3. The van der Waals surface area contributed by atoms with Crippen molar-refractivity contribution in [1.82, 2.24) is 9.80 Å². The van der Waals surface area contributed by atoms with Crippen molar-refractivity contribution < 1.29 is 18.3 Å². The molecule has 28 heavy (non-hydrogen) atoms. The van der Waals surface area contributed by atoms with Crippen molar-refractivity contribution in [2.75, 3.05) is 26.2 Å². The summed E-state index contributed by atoms with van der Waals surface area (Å²) in [6.07, 6.45) is 3.34. The van der Waals surface area contributed by atoms with Gasteiger partial charge in [0.1, 0.15) is 5.75 Å². The number of piperazine rings is 1. The van der Waals surface area contributed by atoms with Crippen molar-refractivity contribution >= 4 is 5.78 Å². The maximum Gasteiger partial charge on any atom is 0.387 e. The minimum Gasteiger partial charge on any atom is -0.435 e. The number of carbonyl (C=O) groups excluding carboxylic acids is 1. The summed E-state index contributed by atoms with van der Waals surface area (Å²) in [6.45, 7) is 3.76. The molecule has 1 fully saturated rings. The van der Waals surface area contributed by atoms with E-state index in [1.54, 1.807) is 0 Å². The van der Waals surface area contributed by atoms with Crippen LogP contribution < -0.4 is 4.74 Å². The molecule has 0 radical (unpaired) electrons. The first-order chi connectivity index (χ1) is 13.5. The number of allylic oxidation sites excluding steroid dienone is 1. The van der Waals surface area contributed by atoms with Gasteiger partial charge in [0, 0.05) is 50.6 Å². The maximum atomic E-state index is 12.2. The van der Waals surface area contributed by atoms with E-state index in [4.69, 9.17) is 0 Å². The Morgan fingerprint density at radius 3 is 2.46 bits per heavy atom. The molecule has 0 atom stereocenters. The maximum absolute atomic E-state index is 12.2. The van der Waals surface area contributed by atoms with E-state index < -0.39 is 6.61 Å². The van der Waals surface area contributed by atoms with Crippen LogP contribution in [0.4, 0.5) is 8.78 Å². The zero-order valence-corrected chi connectivity index (χ0v) is 15.9. The molecule has 0 aliphatic carbocycles. The van der Waals surface area contributed by atoms with E-state index in [9.17, 15) is 13.6 Å². The van der Waals surface area contributed by atoms with Crippen LogP contribution in [0, 0.1) is 6.92 Å². The Bertz CT molecular complexity index is 814. The third-order valence-electron chi connectivity index (χ3n) is 4.70. The van der Waals surface area contributed by atoms with Crippen LogP contribution in [0.15, 0.2) is 60.8 Å². The van der Waals surface area contributed by atoms with E-state index in [1.807, 2.05) is 6.20 Å². The Labute approximate surface area is 164 Å². The van der Waals surface area contributed by atoms with Gasteiger partial charge in [-0.2, -0.15) is 8.78 Å². The van der Waals surface area contributed by atoms with Crippen molar-refractivity contribution in [2.45, 2.75) is 20.1 Å². The second-order valence-electron chi connectivity index (χ2n) is 6.88. The van der Waals surface area contributed by atoms with Crippen molar-refractivity contribution in [2.24, 2.45) is 0 Å². The number of halogens is 2. The van der Waals surface area contributed by atoms with Gasteiger partial charge in [-0.15, -0.1) is 0 Å². The second kappa shape index (κ2) is 9.46. The number of hydrogen-bond donors (Lipinski definition) is 0. The van der Waals surface area contributed by atoms with Gasteiger partial charge in [0.05, 0.1) is 0 Å². The summed E-state index contributed by atoms with van der Waals surface area (Å²) in [5, 5.41) is 0. The highest BCUT2D eigenvalue weighted by Gasteiger charge is 2.15. The van der Waals surface area contributed by atoms with Crippen molar-refractivity contribution in [3.8, 4) is 5.75 Å². The molecule has 1 heterocycles. The Morgan fingerprint density at radius 2 is 1.82 bits per heavy atom. The number of carbonyl (C=O) groups is 1. The Balaban J connectivity index is 1.47. The minimum absolute atomic E-state index is 0.0419. The number of aryl methyl sites for hydroxylation is 1. The lowest BCUT2D eigenvalue weighted by atomic mass is 10.1. The zero-order chi connectivity index (χ0) is 19.9. The molecular formula is C22H24F2N2O2. The van der Waals surface area contributed by atoms with Gasteiger partial charge in [0.2, 0.25) is 0 Å². The smallest absolute Gasteiger partial charge is 0.387 e. The molecule has 0 amide bonds. The third kappa shape index (κ3) is 5.89. The molecule has 6 heteroatoms. The number of benzene rings is 2. The lowest BCUT2D eigenvalue weighted by molar-refractivity contribution is -0.0498. The summed E-state index contributed by atoms with van der Waals surface area (Å²) < 4.78 is 28.6.